The van der Waals surface area contributed by atoms with Gasteiger partial charge in [-0.05, 0) is 224 Å². The number of nitriles is 13. The molecule has 0 spiro atoms. The molecule has 0 heterocycles. The van der Waals surface area contributed by atoms with Crippen LogP contribution in [0.2, 0.25) is 0 Å². The number of fused-ring (bicyclic) bond motifs is 8. The molecule has 20 rings (SSSR count). The summed E-state index contributed by atoms with van der Waals surface area (Å²) in [5, 5.41) is 153. The van der Waals surface area contributed by atoms with Gasteiger partial charge in [-0.1, -0.05) is 108 Å². The van der Waals surface area contributed by atoms with Gasteiger partial charge in [-0.15, -0.1) is 0 Å². The van der Waals surface area contributed by atoms with E-state index in [4.69, 9.17) is 19.7 Å². The van der Waals surface area contributed by atoms with Gasteiger partial charge in [-0.2, -0.15) is 68.4 Å². The number of nitrogens with zero attached hydrogens (tertiary/aromatic N) is 16. The second-order valence-electron chi connectivity index (χ2n) is 29.9. The Morgan fingerprint density at radius 3 is 0.592 bits per heavy atom. The fourth-order valence-electron chi connectivity index (χ4n) is 19.3. The standard InChI is InChI=1S/4C26H12N4/c1-13-9-19(29-3)23-18-8-6-16(12-28)22-14(2)10-20(30-4)24(26(18)22)17-7-5-15(11-27)21(13)25(17)23;1-13-4-6-18-23-17(12-29)9-16(11-28)22-14(2)8-20(30-3)25(26(22)23)19-7-5-15(10-27)21(13)24(18)19;1-13-3-5-19-24-18(12-30)8-17(11-29)22-14(2)7-16(10-28)23(26(22)24)20-6-4-15(9-27)21(13)25(19)20;1-13-3-5-19-24-18(12-30)8-16(10-28)22-14(2)4-6-20(26(22)24)23-17(11-29)7-15(9-27)21(13)25(19)23/h5-10H,1-2H3;4-9H,1-2H3;2*3-8H,1-2H3. The molecular formula is C104H48N16. The third-order valence-electron chi connectivity index (χ3n) is 23.9. The van der Waals surface area contributed by atoms with E-state index < -0.39 is 0 Å². The topological polar surface area (TPSA) is 322 Å². The van der Waals surface area contributed by atoms with Crippen LogP contribution >= 0.6 is 0 Å². The zero-order valence-electron chi connectivity index (χ0n) is 65.0. The van der Waals surface area contributed by atoms with Crippen molar-refractivity contribution in [3.8, 4) is 78.9 Å². The summed E-state index contributed by atoms with van der Waals surface area (Å²) >= 11 is 0. The lowest BCUT2D eigenvalue weighted by Gasteiger charge is -2.20. The van der Waals surface area contributed by atoms with Crippen molar-refractivity contribution in [1.29, 1.82) is 68.4 Å². The molecule has 544 valence electrons. The second kappa shape index (κ2) is 27.7. The van der Waals surface area contributed by atoms with Crippen LogP contribution in [0.3, 0.4) is 0 Å². The van der Waals surface area contributed by atoms with Crippen LogP contribution in [0.15, 0.2) is 146 Å². The van der Waals surface area contributed by atoms with Crippen LogP contribution in [-0.2, 0) is 0 Å². The van der Waals surface area contributed by atoms with Gasteiger partial charge in [0.25, 0.3) is 0 Å². The molecule has 0 fully saturated rings. The van der Waals surface area contributed by atoms with Crippen LogP contribution in [0.4, 0.5) is 17.1 Å². The predicted octanol–water partition coefficient (Wildman–Crippen LogP) is 25.4. The maximum Gasteiger partial charge on any atom is 0.195 e. The molecule has 0 saturated carbocycles. The van der Waals surface area contributed by atoms with Crippen molar-refractivity contribution in [2.45, 2.75) is 55.4 Å². The highest BCUT2D eigenvalue weighted by Gasteiger charge is 2.29. The summed E-state index contributed by atoms with van der Waals surface area (Å²) in [6.45, 7) is 38.8. The molecule has 16 heteroatoms. The summed E-state index contributed by atoms with van der Waals surface area (Å²) < 4.78 is 0. The smallest absolute Gasteiger partial charge is 0.195 e. The van der Waals surface area contributed by atoms with E-state index in [1.165, 1.54) is 0 Å². The van der Waals surface area contributed by atoms with Crippen molar-refractivity contribution in [1.82, 2.24) is 0 Å². The van der Waals surface area contributed by atoms with Crippen molar-refractivity contribution in [2.75, 3.05) is 0 Å². The Balaban J connectivity index is 0.000000114. The van der Waals surface area contributed by atoms with Gasteiger partial charge in [0, 0.05) is 86.2 Å². The minimum absolute atomic E-state index is 0.396. The molecule has 0 aliphatic carbocycles. The normalized spacial score (nSPS) is 10.9. The van der Waals surface area contributed by atoms with Crippen LogP contribution < -0.4 is 0 Å². The molecule has 0 radical (unpaired) electrons. The number of rotatable bonds is 0. The predicted molar refractivity (Wildman–Crippen MR) is 469 cm³/mol. The fourth-order valence-corrected chi connectivity index (χ4v) is 19.3. The highest BCUT2D eigenvalue weighted by Crippen LogP contribution is 2.54. The summed E-state index contributed by atoms with van der Waals surface area (Å²) in [6, 6.07) is 73.5. The Kier molecular flexibility index (Phi) is 17.1. The maximum absolute atomic E-state index is 9.93. The summed E-state index contributed by atoms with van der Waals surface area (Å²) in [6.07, 6.45) is 0. The molecule has 120 heavy (non-hydrogen) atoms. The third-order valence-corrected chi connectivity index (χ3v) is 23.9. The van der Waals surface area contributed by atoms with Crippen molar-refractivity contribution in [3.63, 3.8) is 0 Å². The van der Waals surface area contributed by atoms with Gasteiger partial charge in [0.15, 0.2) is 17.1 Å². The van der Waals surface area contributed by atoms with Crippen LogP contribution in [0.5, 0.6) is 0 Å². The Morgan fingerprint density at radius 1 is 0.158 bits per heavy atom. The van der Waals surface area contributed by atoms with Crippen LogP contribution in [0.25, 0.3) is 187 Å². The molecule has 16 nitrogen and oxygen atoms in total. The summed E-state index contributed by atoms with van der Waals surface area (Å²) in [5.41, 5.74) is 14.8. The molecule has 0 aliphatic rings. The van der Waals surface area contributed by atoms with Crippen molar-refractivity contribution in [3.05, 3.63) is 297 Å². The number of hydrogen-bond acceptors (Lipinski definition) is 13. The van der Waals surface area contributed by atoms with Crippen molar-refractivity contribution < 1.29 is 0 Å². The molecule has 0 aromatic heterocycles. The minimum Gasteiger partial charge on any atom is -0.237 e. The lowest BCUT2D eigenvalue weighted by Crippen LogP contribution is -1.98. The zero-order valence-corrected chi connectivity index (χ0v) is 65.0. The van der Waals surface area contributed by atoms with Gasteiger partial charge >= 0.3 is 0 Å². The lowest BCUT2D eigenvalue weighted by atomic mass is 9.82. The van der Waals surface area contributed by atoms with Crippen LogP contribution in [-0.4, -0.2) is 0 Å². The Hall–Kier alpha value is -18.6. The summed E-state index contributed by atoms with van der Waals surface area (Å²) in [7, 11) is 0. The van der Waals surface area contributed by atoms with Gasteiger partial charge in [0.2, 0.25) is 0 Å². The first kappa shape index (κ1) is 74.2. The average molecular weight is 1520 g/mol. The van der Waals surface area contributed by atoms with E-state index >= 15 is 0 Å². The van der Waals surface area contributed by atoms with Crippen molar-refractivity contribution in [2.24, 2.45) is 0 Å². The first-order valence-corrected chi connectivity index (χ1v) is 37.4. The van der Waals surface area contributed by atoms with E-state index in [1.54, 1.807) is 54.6 Å². The quantitative estimate of drug-likeness (QED) is 0.0775. The number of benzene rings is 20. The van der Waals surface area contributed by atoms with E-state index in [9.17, 15) is 68.4 Å². The van der Waals surface area contributed by atoms with E-state index in [0.29, 0.717) is 89.4 Å². The SMILES string of the molecule is Cc1ccc2c3c(C#N)cc(C#N)c4c(C)cc(C#N)c(c5ccc(C#N)c1c52)c43.Cc1ccc2c3c(C#N)cc(C#N)c4c(C)ccc(c5c(C#N)cc(C#N)c1c25)c43.[C-]#[N+]c1cc(C)c2c(C#N)cc(C#N)c3c4ccc(C)c5c(C#N)ccc(c1c23)c54.[C-]#[N+]c1cc(C)c2c(C#N)ccc3c4c([N+]#[C-])cc(C)c5c(C#N)ccc(c1c23)c54. The highest BCUT2D eigenvalue weighted by molar-refractivity contribution is 6.42. The molecule has 0 bridgehead atoms. The zero-order chi connectivity index (χ0) is 84.6. The first-order chi connectivity index (χ1) is 58.2. The minimum atomic E-state index is 0.396. The van der Waals surface area contributed by atoms with Crippen LogP contribution in [0.1, 0.15) is 117 Å². The van der Waals surface area contributed by atoms with Crippen molar-refractivity contribution >= 4 is 189 Å². The van der Waals surface area contributed by atoms with E-state index in [2.05, 4.69) is 93.4 Å². The molecule has 0 atom stereocenters. The summed E-state index contributed by atoms with van der Waals surface area (Å²) in [4.78, 5) is 11.4. The number of hydrogen-bond donors (Lipinski definition) is 0. The molecule has 20 aromatic rings. The molecule has 0 aliphatic heterocycles. The van der Waals surface area contributed by atoms with Gasteiger partial charge in [-0.25, -0.2) is 14.5 Å². The first-order valence-electron chi connectivity index (χ1n) is 37.4. The molecular weight excluding hydrogens is 1470 g/mol. The second-order valence-corrected chi connectivity index (χ2v) is 29.9. The Morgan fingerprint density at radius 2 is 0.325 bits per heavy atom. The van der Waals surface area contributed by atoms with Gasteiger partial charge in [0.05, 0.1) is 171 Å². The van der Waals surface area contributed by atoms with Crippen LogP contribution in [0, 0.1) is 222 Å². The maximum atomic E-state index is 9.93. The molecule has 0 N–H and O–H groups in total. The molecule has 20 aromatic carbocycles. The molecule has 0 amide bonds. The van der Waals surface area contributed by atoms with E-state index in [1.807, 2.05) is 146 Å². The molecule has 0 unspecified atom stereocenters. The monoisotopic (exact) mass is 1520 g/mol. The highest BCUT2D eigenvalue weighted by atomic mass is 14.7. The Labute approximate surface area is 684 Å². The fraction of sp³-hybridized carbons (Fsp3) is 0.0769. The average Bonchev–Trinajstić information content (AvgIpc) is 0.714. The van der Waals surface area contributed by atoms with Gasteiger partial charge in [-0.3, -0.25) is 0 Å². The third kappa shape index (κ3) is 10.1. The molecule has 0 saturated heterocycles. The van der Waals surface area contributed by atoms with E-state index in [-0.39, 0.29) is 0 Å². The van der Waals surface area contributed by atoms with Gasteiger partial charge < -0.3 is 0 Å². The van der Waals surface area contributed by atoms with E-state index in [0.717, 1.165) is 217 Å². The largest absolute Gasteiger partial charge is 0.237 e. The lowest BCUT2D eigenvalue weighted by molar-refractivity contribution is 1.45. The number of aryl methyl sites for hydroxylation is 8. The van der Waals surface area contributed by atoms with Gasteiger partial charge in [0.1, 0.15) is 0 Å². The Bertz CT molecular complexity index is 8480. The summed E-state index contributed by atoms with van der Waals surface area (Å²) in [5.74, 6) is 0.